The van der Waals surface area contributed by atoms with E-state index in [2.05, 4.69) is 15.2 Å². The van der Waals surface area contributed by atoms with E-state index in [4.69, 9.17) is 9.25 Å². The van der Waals surface area contributed by atoms with Crippen LogP contribution in [0.25, 0.3) is 0 Å². The molecule has 1 aromatic rings. The quantitative estimate of drug-likeness (QED) is 0.134. The van der Waals surface area contributed by atoms with Gasteiger partial charge in [0, 0.05) is 24.7 Å². The molecule has 2 fully saturated rings. The van der Waals surface area contributed by atoms with Crippen LogP contribution < -0.4 is 5.32 Å². The van der Waals surface area contributed by atoms with E-state index in [9.17, 15) is 34.2 Å². The van der Waals surface area contributed by atoms with E-state index in [1.807, 2.05) is 0 Å². The second kappa shape index (κ2) is 10.5. The number of carboxylic acid groups (broad SMARTS) is 2. The molecule has 1 aromatic heterocycles. The molecule has 3 heterocycles. The van der Waals surface area contributed by atoms with Crippen molar-refractivity contribution in [3.63, 3.8) is 0 Å². The van der Waals surface area contributed by atoms with E-state index in [0.717, 1.165) is 11.0 Å². The van der Waals surface area contributed by atoms with Gasteiger partial charge in [0.25, 0.3) is 11.8 Å². The van der Waals surface area contributed by atoms with Gasteiger partial charge in [0.05, 0.1) is 13.4 Å². The second-order valence-corrected chi connectivity index (χ2v) is 9.52. The number of hydrogen-bond donors (Lipinski definition) is 3. The van der Waals surface area contributed by atoms with Crippen molar-refractivity contribution in [2.24, 2.45) is 5.16 Å². The molecule has 0 unspecified atom stereocenters. The Bertz CT molecular complexity index is 1210. The third-order valence-corrected chi connectivity index (χ3v) is 7.49. The lowest BCUT2D eigenvalue weighted by atomic mass is 10.0. The van der Waals surface area contributed by atoms with Gasteiger partial charge in [-0.15, -0.1) is 11.8 Å². The van der Waals surface area contributed by atoms with Gasteiger partial charge in [-0.05, 0) is 36.6 Å². The lowest BCUT2D eigenvalue weighted by Gasteiger charge is -2.49. The Kier molecular flexibility index (Phi) is 7.38. The number of aliphatic carboxylic acids is 2. The first-order valence-corrected chi connectivity index (χ1v) is 12.2. The van der Waals surface area contributed by atoms with Crippen LogP contribution in [-0.4, -0.2) is 80.4 Å². The maximum atomic E-state index is 13.1. The first-order valence-electron chi connectivity index (χ1n) is 11.2. The molecule has 0 aromatic carbocycles. The summed E-state index contributed by atoms with van der Waals surface area (Å²) >= 11 is 1.20. The number of hydrogen-bond acceptors (Lipinski definition) is 10. The van der Waals surface area contributed by atoms with Gasteiger partial charge < -0.3 is 29.5 Å². The maximum absolute atomic E-state index is 13.1. The molecule has 196 valence electrons. The summed E-state index contributed by atoms with van der Waals surface area (Å²) in [6, 6.07) is 1.85. The summed E-state index contributed by atoms with van der Waals surface area (Å²) in [5.74, 6) is -4.62. The summed E-state index contributed by atoms with van der Waals surface area (Å²) in [4.78, 5) is 67.6. The van der Waals surface area contributed by atoms with Gasteiger partial charge >= 0.3 is 17.9 Å². The van der Waals surface area contributed by atoms with Crippen LogP contribution in [-0.2, 0) is 33.5 Å². The summed E-state index contributed by atoms with van der Waals surface area (Å²) in [5.41, 5.74) is -1.98. The number of carbonyl (C=O) groups excluding carboxylic acids is 3. The molecule has 1 saturated carbocycles. The van der Waals surface area contributed by atoms with Gasteiger partial charge in [0.1, 0.15) is 17.1 Å². The minimum absolute atomic E-state index is 0.00249. The number of rotatable bonds is 9. The van der Waals surface area contributed by atoms with Gasteiger partial charge in [0.15, 0.2) is 5.76 Å². The van der Waals surface area contributed by atoms with Crippen LogP contribution in [0.15, 0.2) is 51.4 Å². The average Bonchev–Trinajstić information content (AvgIpc) is 3.58. The topological polar surface area (TPSA) is 185 Å². The first-order chi connectivity index (χ1) is 17.7. The van der Waals surface area contributed by atoms with Crippen LogP contribution in [0.5, 0.6) is 0 Å². The number of nitrogens with zero attached hydrogens (tertiary/aromatic N) is 2. The predicted octanol–water partition coefficient (Wildman–Crippen LogP) is 0.866. The van der Waals surface area contributed by atoms with Crippen LogP contribution >= 0.6 is 11.8 Å². The number of carboxylic acids is 2. The van der Waals surface area contributed by atoms with Gasteiger partial charge in [0.2, 0.25) is 11.3 Å². The molecule has 1 aliphatic carbocycles. The molecule has 14 heteroatoms. The van der Waals surface area contributed by atoms with Crippen molar-refractivity contribution in [1.82, 2.24) is 10.2 Å². The number of β-lactam (4-membered cyclic amide) rings is 1. The van der Waals surface area contributed by atoms with Crippen molar-refractivity contribution in [3.8, 4) is 0 Å². The fraction of sp³-hybridized carbons (Fsp3) is 0.391. The van der Waals surface area contributed by atoms with E-state index in [1.54, 1.807) is 0 Å². The number of ether oxygens (including phenoxy) is 1. The average molecular weight is 534 g/mol. The summed E-state index contributed by atoms with van der Waals surface area (Å²) < 4.78 is 9.77. The van der Waals surface area contributed by atoms with E-state index < -0.39 is 46.7 Å². The van der Waals surface area contributed by atoms with E-state index >= 15 is 0 Å². The highest BCUT2D eigenvalue weighted by Crippen LogP contribution is 2.41. The Morgan fingerprint density at radius 3 is 2.59 bits per heavy atom. The highest BCUT2D eigenvalue weighted by molar-refractivity contribution is 8.00. The summed E-state index contributed by atoms with van der Waals surface area (Å²) in [5, 5.41) is 25.0. The highest BCUT2D eigenvalue weighted by Gasteiger charge is 2.54. The molecule has 3 N–H and O–H groups in total. The minimum Gasteiger partial charge on any atom is -0.478 e. The molecule has 2 amide bonds. The number of allylic oxidation sites excluding steroid dienone is 1. The largest absolute Gasteiger partial charge is 0.478 e. The molecule has 1 saturated heterocycles. The Balaban J connectivity index is 1.54. The number of fused-ring (bicyclic) bond motifs is 1. The van der Waals surface area contributed by atoms with Crippen LogP contribution in [0.1, 0.15) is 31.4 Å². The third kappa shape index (κ3) is 4.96. The Labute approximate surface area is 214 Å². The van der Waals surface area contributed by atoms with Crippen molar-refractivity contribution in [2.45, 2.75) is 42.7 Å². The maximum Gasteiger partial charge on any atom is 0.352 e. The third-order valence-electron chi connectivity index (χ3n) is 6.19. The summed E-state index contributed by atoms with van der Waals surface area (Å²) in [7, 11) is 1.18. The molecule has 4 rings (SSSR count). The highest BCUT2D eigenvalue weighted by atomic mass is 32.2. The lowest BCUT2D eigenvalue weighted by molar-refractivity contribution is -0.165. The standard InChI is InChI=1S/C23H23N3O10S/c1-34-14(27)7-6-12-11-37-20-16(19(29)26(20)17(12)21(30)31)24-18(28)15(13-5-4-10-35-13)25-36-23(22(32)33)8-2-3-9-23/h4-7,10,16,20H,2-3,8-9,11H2,1H3,(H,24,28)(H,30,31)(H,32,33)/t16-,20-/m1/s1. The van der Waals surface area contributed by atoms with Gasteiger partial charge in [-0.25, -0.2) is 14.4 Å². The molecule has 3 aliphatic rings. The normalized spacial score (nSPS) is 22.9. The summed E-state index contributed by atoms with van der Waals surface area (Å²) in [6.07, 6.45) is 5.34. The molecular weight excluding hydrogens is 510 g/mol. The monoisotopic (exact) mass is 533 g/mol. The molecule has 0 radical (unpaired) electrons. The van der Waals surface area contributed by atoms with E-state index in [-0.39, 0.29) is 41.3 Å². The van der Waals surface area contributed by atoms with Crippen molar-refractivity contribution in [1.29, 1.82) is 0 Å². The van der Waals surface area contributed by atoms with Crippen molar-refractivity contribution >= 4 is 47.2 Å². The fourth-order valence-corrected chi connectivity index (χ4v) is 5.57. The number of nitrogens with one attached hydrogen (secondary N) is 1. The fourth-order valence-electron chi connectivity index (χ4n) is 4.25. The van der Waals surface area contributed by atoms with Crippen molar-refractivity contribution in [2.75, 3.05) is 12.9 Å². The lowest BCUT2D eigenvalue weighted by Crippen LogP contribution is -2.71. The van der Waals surface area contributed by atoms with E-state index in [1.165, 1.54) is 43.3 Å². The van der Waals surface area contributed by atoms with Crippen LogP contribution in [0.4, 0.5) is 0 Å². The smallest absolute Gasteiger partial charge is 0.352 e. The van der Waals surface area contributed by atoms with Gasteiger partial charge in [-0.2, -0.15) is 0 Å². The van der Waals surface area contributed by atoms with Crippen LogP contribution in [0, 0.1) is 0 Å². The zero-order valence-corrected chi connectivity index (χ0v) is 20.4. The molecule has 0 spiro atoms. The number of esters is 1. The number of methoxy groups -OCH3 is 1. The number of amides is 2. The zero-order chi connectivity index (χ0) is 26.7. The molecule has 37 heavy (non-hydrogen) atoms. The number of thioether (sulfide) groups is 1. The van der Waals surface area contributed by atoms with Crippen molar-refractivity contribution < 1.29 is 48.2 Å². The first kappa shape index (κ1) is 26.0. The Hall–Kier alpha value is -4.07. The predicted molar refractivity (Wildman–Crippen MR) is 126 cm³/mol. The SMILES string of the molecule is COC(=O)C=CC1=C(C(=O)O)N2C(=O)[C@@H](NC(=O)C(=NOC3(C(=O)O)CCCC3)c3ccco3)[C@H]2SC1. The van der Waals surface area contributed by atoms with Crippen LogP contribution in [0.3, 0.4) is 0 Å². The van der Waals surface area contributed by atoms with Gasteiger partial charge in [-0.1, -0.05) is 5.16 Å². The zero-order valence-electron chi connectivity index (χ0n) is 19.5. The van der Waals surface area contributed by atoms with Gasteiger partial charge in [-0.3, -0.25) is 14.5 Å². The molecular formula is C23H23N3O10S. The molecule has 13 nitrogen and oxygen atoms in total. The number of carbonyl (C=O) groups is 5. The Morgan fingerprint density at radius 2 is 2.00 bits per heavy atom. The second-order valence-electron chi connectivity index (χ2n) is 8.41. The summed E-state index contributed by atoms with van der Waals surface area (Å²) in [6.45, 7) is 0. The minimum atomic E-state index is -1.56. The molecule has 2 atom stereocenters. The van der Waals surface area contributed by atoms with E-state index in [0.29, 0.717) is 12.8 Å². The van der Waals surface area contributed by atoms with Crippen LogP contribution in [0.2, 0.25) is 0 Å². The molecule has 0 bridgehead atoms. The number of oxime groups is 1. The Morgan fingerprint density at radius 1 is 1.27 bits per heavy atom. The molecule has 2 aliphatic heterocycles. The number of furan rings is 1. The van der Waals surface area contributed by atoms with Crippen molar-refractivity contribution in [3.05, 3.63) is 47.6 Å².